The predicted molar refractivity (Wildman–Crippen MR) is 148 cm³/mol. The van der Waals surface area contributed by atoms with E-state index < -0.39 is 17.7 Å². The topological polar surface area (TPSA) is 71.9 Å². The van der Waals surface area contributed by atoms with Crippen molar-refractivity contribution in [1.82, 2.24) is 4.98 Å². The molecule has 0 bridgehead atoms. The van der Waals surface area contributed by atoms with Gasteiger partial charge in [-0.15, -0.1) is 11.3 Å². The molecular weight excluding hydrogens is 541 g/mol. The summed E-state index contributed by atoms with van der Waals surface area (Å²) in [5.74, 6) is 0.176. The number of para-hydroxylation sites is 1. The van der Waals surface area contributed by atoms with Gasteiger partial charge in [0.15, 0.2) is 5.13 Å². The lowest BCUT2D eigenvalue weighted by Crippen LogP contribution is -2.36. The van der Waals surface area contributed by atoms with Crippen molar-refractivity contribution < 1.29 is 32.5 Å². The largest absolute Gasteiger partial charge is 0.496 e. The molecule has 1 aliphatic rings. The van der Waals surface area contributed by atoms with E-state index in [1.807, 2.05) is 41.8 Å². The lowest BCUT2D eigenvalue weighted by molar-refractivity contribution is -0.142. The van der Waals surface area contributed by atoms with E-state index in [9.17, 15) is 23.1 Å². The van der Waals surface area contributed by atoms with E-state index in [4.69, 9.17) is 14.5 Å². The highest BCUT2D eigenvalue weighted by atomic mass is 32.1. The molecule has 1 aliphatic heterocycles. The Morgan fingerprint density at radius 2 is 1.73 bits per heavy atom. The number of aromatic nitrogens is 1. The van der Waals surface area contributed by atoms with Crippen LogP contribution in [0.2, 0.25) is 0 Å². The number of carboxylic acid groups (broad SMARTS) is 1. The average Bonchev–Trinajstić information content (AvgIpc) is 3.46. The lowest BCUT2D eigenvalue weighted by atomic mass is 9.97. The minimum absolute atomic E-state index is 0.215. The van der Waals surface area contributed by atoms with Crippen LogP contribution in [0.15, 0.2) is 72.1 Å². The summed E-state index contributed by atoms with van der Waals surface area (Å²) >= 11 is 1.52. The Bertz CT molecular complexity index is 1480. The van der Waals surface area contributed by atoms with Crippen molar-refractivity contribution >= 4 is 22.4 Å². The first-order valence-electron chi connectivity index (χ1n) is 12.7. The monoisotopic (exact) mass is 568 g/mol. The van der Waals surface area contributed by atoms with Crippen LogP contribution in [-0.2, 0) is 17.6 Å². The molecule has 0 radical (unpaired) electrons. The van der Waals surface area contributed by atoms with Gasteiger partial charge in [0.05, 0.1) is 24.3 Å². The third kappa shape index (κ3) is 6.07. The molecule has 4 aromatic rings. The summed E-state index contributed by atoms with van der Waals surface area (Å²) in [6, 6.07) is 18.1. The van der Waals surface area contributed by atoms with Gasteiger partial charge >= 0.3 is 12.1 Å². The Morgan fingerprint density at radius 3 is 2.40 bits per heavy atom. The first kappa shape index (κ1) is 27.5. The molecule has 0 saturated carbocycles. The maximum atomic E-state index is 12.9. The highest BCUT2D eigenvalue weighted by molar-refractivity contribution is 7.14. The van der Waals surface area contributed by atoms with Crippen LogP contribution in [0.5, 0.6) is 11.5 Å². The van der Waals surface area contributed by atoms with Gasteiger partial charge in [0.2, 0.25) is 0 Å². The highest BCUT2D eigenvalue weighted by Gasteiger charge is 2.30. The van der Waals surface area contributed by atoms with Crippen LogP contribution >= 0.6 is 11.3 Å². The number of piperidine rings is 1. The number of nitrogens with zero attached hydrogens (tertiary/aromatic N) is 2. The van der Waals surface area contributed by atoms with Gasteiger partial charge in [-0.3, -0.25) is 4.79 Å². The molecule has 1 N–H and O–H groups in total. The quantitative estimate of drug-likeness (QED) is 0.239. The van der Waals surface area contributed by atoms with Gasteiger partial charge < -0.3 is 19.5 Å². The molecule has 0 spiro atoms. The van der Waals surface area contributed by atoms with E-state index in [-0.39, 0.29) is 12.5 Å². The van der Waals surface area contributed by atoms with Crippen LogP contribution in [0, 0.1) is 5.92 Å². The van der Waals surface area contributed by atoms with E-state index in [2.05, 4.69) is 4.90 Å². The Kier molecular flexibility index (Phi) is 7.97. The van der Waals surface area contributed by atoms with Gasteiger partial charge in [0.25, 0.3) is 0 Å². The summed E-state index contributed by atoms with van der Waals surface area (Å²) in [5, 5.41) is 12.1. The number of methoxy groups -OCH3 is 1. The zero-order valence-electron chi connectivity index (χ0n) is 21.6. The number of thiazole rings is 1. The number of carboxylic acids is 1. The van der Waals surface area contributed by atoms with Gasteiger partial charge in [-0.2, -0.15) is 13.2 Å². The fraction of sp³-hybridized carbons (Fsp3) is 0.267. The molecule has 0 atom stereocenters. The van der Waals surface area contributed by atoms with Crippen molar-refractivity contribution in [3.8, 4) is 33.9 Å². The molecule has 10 heteroatoms. The van der Waals surface area contributed by atoms with Crippen molar-refractivity contribution in [2.45, 2.75) is 25.6 Å². The number of hydrogen-bond acceptors (Lipinski definition) is 6. The van der Waals surface area contributed by atoms with Crippen molar-refractivity contribution in [2.24, 2.45) is 5.92 Å². The summed E-state index contributed by atoms with van der Waals surface area (Å²) in [6.07, 6.45) is -3.18. The second-order valence-corrected chi connectivity index (χ2v) is 10.3. The molecule has 6 nitrogen and oxygen atoms in total. The molecule has 0 amide bonds. The van der Waals surface area contributed by atoms with Crippen LogP contribution in [0.25, 0.3) is 22.4 Å². The van der Waals surface area contributed by atoms with Crippen molar-refractivity contribution in [2.75, 3.05) is 25.1 Å². The van der Waals surface area contributed by atoms with Crippen LogP contribution < -0.4 is 14.4 Å². The number of benzene rings is 3. The maximum Gasteiger partial charge on any atom is 0.416 e. The van der Waals surface area contributed by atoms with E-state index in [1.54, 1.807) is 13.2 Å². The summed E-state index contributed by atoms with van der Waals surface area (Å²) in [7, 11) is 1.54. The van der Waals surface area contributed by atoms with Crippen LogP contribution in [0.3, 0.4) is 0 Å². The molecule has 1 aromatic heterocycles. The number of halogens is 3. The second kappa shape index (κ2) is 11.6. The molecule has 0 aliphatic carbocycles. The van der Waals surface area contributed by atoms with E-state index in [0.717, 1.165) is 39.6 Å². The second-order valence-electron chi connectivity index (χ2n) is 9.50. The number of hydrogen-bond donors (Lipinski definition) is 1. The SMILES string of the molecule is COc1cc(-c2ccc(C(F)(F)F)cc2)ccc1COc1ccccc1-c1csc(N2CCC(C(=O)O)CC2)n1. The Balaban J connectivity index is 1.29. The minimum atomic E-state index is -4.38. The Morgan fingerprint density at radius 1 is 1.02 bits per heavy atom. The average molecular weight is 569 g/mol. The Hall–Kier alpha value is -4.05. The van der Waals surface area contributed by atoms with Crippen LogP contribution in [0.4, 0.5) is 18.3 Å². The van der Waals surface area contributed by atoms with Gasteiger partial charge in [-0.05, 0) is 54.3 Å². The smallest absolute Gasteiger partial charge is 0.416 e. The zero-order chi connectivity index (χ0) is 28.3. The number of ether oxygens (including phenoxy) is 2. The van der Waals surface area contributed by atoms with Gasteiger partial charge in [-0.25, -0.2) is 4.98 Å². The molecular formula is C30H27F3N2O4S. The normalized spacial score (nSPS) is 14.2. The highest BCUT2D eigenvalue weighted by Crippen LogP contribution is 2.36. The fourth-order valence-electron chi connectivity index (χ4n) is 4.71. The Labute approximate surface area is 233 Å². The van der Waals surface area contributed by atoms with Crippen LogP contribution in [-0.4, -0.2) is 36.3 Å². The molecule has 1 fully saturated rings. The fourth-order valence-corrected chi connectivity index (χ4v) is 5.59. The molecule has 5 rings (SSSR count). The molecule has 2 heterocycles. The van der Waals surface area contributed by atoms with Crippen molar-refractivity contribution in [3.63, 3.8) is 0 Å². The van der Waals surface area contributed by atoms with Gasteiger partial charge in [-0.1, -0.05) is 36.4 Å². The third-order valence-electron chi connectivity index (χ3n) is 6.99. The number of rotatable bonds is 8. The van der Waals surface area contributed by atoms with Crippen LogP contribution in [0.1, 0.15) is 24.0 Å². The molecule has 0 unspecified atom stereocenters. The van der Waals surface area contributed by atoms with Crippen molar-refractivity contribution in [1.29, 1.82) is 0 Å². The number of carbonyl (C=O) groups is 1. The standard InChI is InChI=1S/C30H27F3N2O4S/c1-38-27-16-21(19-8-10-23(11-9-19)30(31,32)33)6-7-22(27)17-39-26-5-3-2-4-24(26)25-18-40-29(34-25)35-14-12-20(13-15-35)28(36)37/h2-11,16,18,20H,12-15,17H2,1H3,(H,36,37). The molecule has 3 aromatic carbocycles. The number of alkyl halides is 3. The summed E-state index contributed by atoms with van der Waals surface area (Å²) < 4.78 is 50.5. The predicted octanol–water partition coefficient (Wildman–Crippen LogP) is 7.38. The lowest BCUT2D eigenvalue weighted by Gasteiger charge is -2.29. The van der Waals surface area contributed by atoms with E-state index >= 15 is 0 Å². The minimum Gasteiger partial charge on any atom is -0.496 e. The molecule has 208 valence electrons. The number of aliphatic carboxylic acids is 1. The van der Waals surface area contributed by atoms with Crippen molar-refractivity contribution in [3.05, 3.63) is 83.2 Å². The third-order valence-corrected chi connectivity index (χ3v) is 7.89. The maximum absolute atomic E-state index is 12.9. The molecule has 40 heavy (non-hydrogen) atoms. The molecule has 1 saturated heterocycles. The van der Waals surface area contributed by atoms with Gasteiger partial charge in [0, 0.05) is 29.6 Å². The number of anilines is 1. The zero-order valence-corrected chi connectivity index (χ0v) is 22.5. The first-order valence-corrected chi connectivity index (χ1v) is 13.6. The van der Waals surface area contributed by atoms with E-state index in [1.165, 1.54) is 23.5 Å². The summed E-state index contributed by atoms with van der Waals surface area (Å²) in [5.41, 5.74) is 3.09. The summed E-state index contributed by atoms with van der Waals surface area (Å²) in [6.45, 7) is 1.53. The van der Waals surface area contributed by atoms with E-state index in [0.29, 0.717) is 43.0 Å². The van der Waals surface area contributed by atoms with Gasteiger partial charge in [0.1, 0.15) is 18.1 Å². The summed E-state index contributed by atoms with van der Waals surface area (Å²) in [4.78, 5) is 18.2. The first-order chi connectivity index (χ1) is 19.2.